The zero-order valence-corrected chi connectivity index (χ0v) is 14.4. The summed E-state index contributed by atoms with van der Waals surface area (Å²) in [5.41, 5.74) is 1.00. The van der Waals surface area contributed by atoms with E-state index in [-0.39, 0.29) is 0 Å². The predicted octanol–water partition coefficient (Wildman–Crippen LogP) is 5.09. The number of rotatable bonds is 8. The molecule has 110 valence electrons. The molecule has 0 bridgehead atoms. The van der Waals surface area contributed by atoms with Gasteiger partial charge in [-0.2, -0.15) is 0 Å². The Labute approximate surface area is 127 Å². The van der Waals surface area contributed by atoms with Crippen molar-refractivity contribution in [3.63, 3.8) is 0 Å². The van der Waals surface area contributed by atoms with Crippen LogP contribution in [-0.2, 0) is 5.88 Å². The first-order valence-electron chi connectivity index (χ1n) is 7.29. The molecule has 0 saturated carbocycles. The van der Waals surface area contributed by atoms with Gasteiger partial charge in [0.1, 0.15) is 5.01 Å². The number of thiazole rings is 1. The Morgan fingerprint density at radius 3 is 2.32 bits per heavy atom. The third-order valence-electron chi connectivity index (χ3n) is 3.55. The van der Waals surface area contributed by atoms with E-state index in [4.69, 9.17) is 11.6 Å². The van der Waals surface area contributed by atoms with Crippen LogP contribution in [0.5, 0.6) is 0 Å². The molecule has 1 aromatic heterocycles. The van der Waals surface area contributed by atoms with Gasteiger partial charge in [-0.3, -0.25) is 4.90 Å². The Morgan fingerprint density at radius 2 is 1.89 bits per heavy atom. The van der Waals surface area contributed by atoms with Crippen LogP contribution in [0.4, 0.5) is 0 Å². The van der Waals surface area contributed by atoms with Crippen LogP contribution >= 0.6 is 22.9 Å². The van der Waals surface area contributed by atoms with Crippen molar-refractivity contribution >= 4 is 22.9 Å². The topological polar surface area (TPSA) is 16.1 Å². The minimum Gasteiger partial charge on any atom is -0.291 e. The lowest BCUT2D eigenvalue weighted by Crippen LogP contribution is -2.39. The van der Waals surface area contributed by atoms with Crippen LogP contribution in [-0.4, -0.2) is 22.5 Å². The van der Waals surface area contributed by atoms with Crippen molar-refractivity contribution in [2.45, 2.75) is 65.4 Å². The SMILES string of the molecule is CCC(CC)N(CC(C)C)C(C)c1nc(CCl)cs1. The summed E-state index contributed by atoms with van der Waals surface area (Å²) in [6.07, 6.45) is 2.39. The molecule has 1 heterocycles. The largest absolute Gasteiger partial charge is 0.291 e. The quantitative estimate of drug-likeness (QED) is 0.622. The number of hydrogen-bond acceptors (Lipinski definition) is 3. The van der Waals surface area contributed by atoms with Gasteiger partial charge in [-0.25, -0.2) is 4.98 Å². The van der Waals surface area contributed by atoms with Crippen molar-refractivity contribution in [1.29, 1.82) is 0 Å². The summed E-state index contributed by atoms with van der Waals surface area (Å²) in [5.74, 6) is 1.19. The molecule has 1 unspecified atom stereocenters. The van der Waals surface area contributed by atoms with E-state index in [1.165, 1.54) is 17.8 Å². The molecule has 2 nitrogen and oxygen atoms in total. The van der Waals surface area contributed by atoms with E-state index in [0.29, 0.717) is 23.9 Å². The number of aromatic nitrogens is 1. The molecule has 0 aliphatic heterocycles. The molecule has 4 heteroatoms. The van der Waals surface area contributed by atoms with Gasteiger partial charge in [0.15, 0.2) is 0 Å². The van der Waals surface area contributed by atoms with Crippen LogP contribution in [0.25, 0.3) is 0 Å². The molecule has 0 aliphatic rings. The van der Waals surface area contributed by atoms with Gasteiger partial charge in [-0.05, 0) is 25.7 Å². The van der Waals surface area contributed by atoms with Gasteiger partial charge in [0.25, 0.3) is 0 Å². The first-order chi connectivity index (χ1) is 9.03. The summed E-state index contributed by atoms with van der Waals surface area (Å²) in [6.45, 7) is 12.5. The molecule has 0 N–H and O–H groups in total. The van der Waals surface area contributed by atoms with Crippen molar-refractivity contribution in [1.82, 2.24) is 9.88 Å². The first kappa shape index (κ1) is 16.9. The Morgan fingerprint density at radius 1 is 1.26 bits per heavy atom. The lowest BCUT2D eigenvalue weighted by Gasteiger charge is -2.36. The van der Waals surface area contributed by atoms with Gasteiger partial charge >= 0.3 is 0 Å². The fourth-order valence-electron chi connectivity index (χ4n) is 2.52. The fourth-order valence-corrected chi connectivity index (χ4v) is 3.64. The molecular weight excluding hydrogens is 276 g/mol. The third-order valence-corrected chi connectivity index (χ3v) is 4.89. The van der Waals surface area contributed by atoms with E-state index in [9.17, 15) is 0 Å². The number of hydrogen-bond donors (Lipinski definition) is 0. The minimum atomic E-state index is 0.384. The maximum atomic E-state index is 5.86. The van der Waals surface area contributed by atoms with Gasteiger partial charge in [0.05, 0.1) is 17.6 Å². The maximum Gasteiger partial charge on any atom is 0.110 e. The average Bonchev–Trinajstić information content (AvgIpc) is 2.86. The van der Waals surface area contributed by atoms with Crippen LogP contribution in [0, 0.1) is 5.92 Å². The van der Waals surface area contributed by atoms with Crippen molar-refractivity contribution in [3.05, 3.63) is 16.1 Å². The van der Waals surface area contributed by atoms with Crippen molar-refractivity contribution in [3.8, 4) is 0 Å². The van der Waals surface area contributed by atoms with Crippen LogP contribution in [0.15, 0.2) is 5.38 Å². The van der Waals surface area contributed by atoms with Gasteiger partial charge in [0, 0.05) is 18.0 Å². The lowest BCUT2D eigenvalue weighted by molar-refractivity contribution is 0.118. The van der Waals surface area contributed by atoms with Crippen molar-refractivity contribution < 1.29 is 0 Å². The summed E-state index contributed by atoms with van der Waals surface area (Å²) in [6, 6.07) is 1.02. The standard InChI is InChI=1S/C15H27ClN2S/c1-6-14(7-2)18(9-11(3)4)12(5)15-17-13(8-16)10-19-15/h10-12,14H,6-9H2,1-5H3. The zero-order valence-electron chi connectivity index (χ0n) is 12.8. The second-order valence-electron chi connectivity index (χ2n) is 5.55. The van der Waals surface area contributed by atoms with Gasteiger partial charge in [0.2, 0.25) is 0 Å². The number of nitrogens with zero attached hydrogens (tertiary/aromatic N) is 2. The normalized spacial score (nSPS) is 13.7. The van der Waals surface area contributed by atoms with E-state index < -0.39 is 0 Å². The van der Waals surface area contributed by atoms with Gasteiger partial charge < -0.3 is 0 Å². The summed E-state index contributed by atoms with van der Waals surface area (Å²) >= 11 is 7.60. The Hall–Kier alpha value is -0.120. The molecule has 0 radical (unpaired) electrons. The predicted molar refractivity (Wildman–Crippen MR) is 86.0 cm³/mol. The van der Waals surface area contributed by atoms with E-state index in [2.05, 4.69) is 49.9 Å². The van der Waals surface area contributed by atoms with Crippen LogP contribution in [0.1, 0.15) is 64.2 Å². The molecule has 0 aliphatic carbocycles. The zero-order chi connectivity index (χ0) is 14.4. The molecular formula is C15H27ClN2S. The van der Waals surface area contributed by atoms with E-state index in [1.807, 2.05) is 0 Å². The minimum absolute atomic E-state index is 0.384. The highest BCUT2D eigenvalue weighted by atomic mass is 35.5. The fraction of sp³-hybridized carbons (Fsp3) is 0.800. The van der Waals surface area contributed by atoms with Crippen LogP contribution < -0.4 is 0 Å². The average molecular weight is 303 g/mol. The highest BCUT2D eigenvalue weighted by Gasteiger charge is 2.25. The van der Waals surface area contributed by atoms with E-state index >= 15 is 0 Å². The monoisotopic (exact) mass is 302 g/mol. The Bertz CT molecular complexity index is 361. The molecule has 19 heavy (non-hydrogen) atoms. The Kier molecular flexibility index (Phi) is 7.33. The maximum absolute atomic E-state index is 5.86. The molecule has 1 aromatic rings. The third kappa shape index (κ3) is 4.73. The second kappa shape index (κ2) is 8.23. The highest BCUT2D eigenvalue weighted by Crippen LogP contribution is 2.28. The summed E-state index contributed by atoms with van der Waals surface area (Å²) in [4.78, 5) is 7.27. The Balaban J connectivity index is 2.88. The van der Waals surface area contributed by atoms with E-state index in [1.54, 1.807) is 11.3 Å². The number of halogens is 1. The van der Waals surface area contributed by atoms with Crippen LogP contribution in [0.3, 0.4) is 0 Å². The van der Waals surface area contributed by atoms with Crippen molar-refractivity contribution in [2.24, 2.45) is 5.92 Å². The summed E-state index contributed by atoms with van der Waals surface area (Å²) in [5, 5.41) is 3.28. The molecule has 0 amide bonds. The summed E-state index contributed by atoms with van der Waals surface area (Å²) < 4.78 is 0. The van der Waals surface area contributed by atoms with Crippen molar-refractivity contribution in [2.75, 3.05) is 6.54 Å². The molecule has 0 saturated heterocycles. The molecule has 1 rings (SSSR count). The molecule has 1 atom stereocenters. The van der Waals surface area contributed by atoms with Gasteiger partial charge in [-0.15, -0.1) is 22.9 Å². The molecule has 0 spiro atoms. The number of alkyl halides is 1. The van der Waals surface area contributed by atoms with E-state index in [0.717, 1.165) is 12.2 Å². The lowest BCUT2D eigenvalue weighted by atomic mass is 10.0. The highest BCUT2D eigenvalue weighted by molar-refractivity contribution is 7.09. The van der Waals surface area contributed by atoms with Gasteiger partial charge in [-0.1, -0.05) is 27.7 Å². The summed E-state index contributed by atoms with van der Waals surface area (Å²) in [7, 11) is 0. The second-order valence-corrected chi connectivity index (χ2v) is 6.70. The van der Waals surface area contributed by atoms with Crippen LogP contribution in [0.2, 0.25) is 0 Å². The first-order valence-corrected chi connectivity index (χ1v) is 8.70. The molecule has 0 fully saturated rings. The molecule has 0 aromatic carbocycles. The smallest absolute Gasteiger partial charge is 0.110 e.